The third kappa shape index (κ3) is 4.66. The van der Waals surface area contributed by atoms with E-state index in [2.05, 4.69) is 5.32 Å². The molecule has 1 aliphatic rings. The van der Waals surface area contributed by atoms with Gasteiger partial charge in [-0.25, -0.2) is 4.79 Å². The number of carbonyl (C=O) groups excluding carboxylic acids is 1. The van der Waals surface area contributed by atoms with E-state index < -0.39 is 0 Å². The third-order valence-corrected chi connectivity index (χ3v) is 6.51. The number of anilines is 2. The van der Waals surface area contributed by atoms with Crippen LogP contribution in [-0.4, -0.2) is 42.4 Å². The molecule has 2 heterocycles. The zero-order chi connectivity index (χ0) is 25.1. The molecule has 0 spiro atoms. The summed E-state index contributed by atoms with van der Waals surface area (Å²) in [7, 11) is 4.60. The predicted octanol–water partition coefficient (Wildman–Crippen LogP) is 2.72. The monoisotopic (exact) mass is 478 g/mol. The molecule has 1 amide bonds. The van der Waals surface area contributed by atoms with Crippen molar-refractivity contribution in [2.45, 2.75) is 19.8 Å². The quantitative estimate of drug-likeness (QED) is 0.586. The molecule has 1 N–H and O–H groups in total. The lowest BCUT2D eigenvalue weighted by molar-refractivity contribution is -0.120. The second kappa shape index (κ2) is 10.1. The van der Waals surface area contributed by atoms with Crippen LogP contribution in [0.1, 0.15) is 18.5 Å². The van der Waals surface area contributed by atoms with Crippen molar-refractivity contribution in [2.24, 2.45) is 13.0 Å². The van der Waals surface area contributed by atoms with E-state index in [1.165, 1.54) is 7.05 Å². The highest BCUT2D eigenvalue weighted by Crippen LogP contribution is 2.31. The number of para-hydroxylation sites is 1. The van der Waals surface area contributed by atoms with Crippen molar-refractivity contribution in [2.75, 3.05) is 37.5 Å². The summed E-state index contributed by atoms with van der Waals surface area (Å²) < 4.78 is 13.3. The molecule has 4 rings (SSSR count). The standard InChI is InChI=1S/C26H30N4O5/c1-17-23(25(32)28(2)26(33)30(17)20-8-6-5-7-9-20)29-14-12-18(13-15-29)24(31)27-19-10-11-21(34-3)22(16-19)35-4/h5-11,16,18H,12-15H2,1-4H3,(H,27,31). The Kier molecular flexibility index (Phi) is 6.95. The van der Waals surface area contributed by atoms with Crippen molar-refractivity contribution in [1.82, 2.24) is 9.13 Å². The van der Waals surface area contributed by atoms with Crippen molar-refractivity contribution < 1.29 is 14.3 Å². The van der Waals surface area contributed by atoms with Crippen LogP contribution in [0.5, 0.6) is 11.5 Å². The van der Waals surface area contributed by atoms with Crippen LogP contribution in [0.25, 0.3) is 5.69 Å². The molecular formula is C26H30N4O5. The van der Waals surface area contributed by atoms with E-state index in [0.29, 0.717) is 60.2 Å². The van der Waals surface area contributed by atoms with E-state index in [1.807, 2.05) is 35.2 Å². The van der Waals surface area contributed by atoms with E-state index in [1.54, 1.807) is 43.9 Å². The summed E-state index contributed by atoms with van der Waals surface area (Å²) in [6.45, 7) is 2.86. The van der Waals surface area contributed by atoms with Crippen LogP contribution >= 0.6 is 0 Å². The number of carbonyl (C=O) groups is 1. The maximum atomic E-state index is 13.1. The number of nitrogens with one attached hydrogen (secondary N) is 1. The van der Waals surface area contributed by atoms with Crippen LogP contribution in [0.2, 0.25) is 0 Å². The minimum atomic E-state index is -0.383. The van der Waals surface area contributed by atoms with Gasteiger partial charge < -0.3 is 19.7 Å². The van der Waals surface area contributed by atoms with Crippen molar-refractivity contribution in [3.05, 3.63) is 75.1 Å². The molecular weight excluding hydrogens is 448 g/mol. The number of hydrogen-bond donors (Lipinski definition) is 1. The van der Waals surface area contributed by atoms with E-state index >= 15 is 0 Å². The van der Waals surface area contributed by atoms with Gasteiger partial charge in [-0.1, -0.05) is 18.2 Å². The van der Waals surface area contributed by atoms with Gasteiger partial charge in [0.15, 0.2) is 11.5 Å². The van der Waals surface area contributed by atoms with Crippen LogP contribution in [0.4, 0.5) is 11.4 Å². The molecule has 1 aromatic heterocycles. The van der Waals surface area contributed by atoms with E-state index in [0.717, 1.165) is 4.57 Å². The number of aromatic nitrogens is 2. The van der Waals surface area contributed by atoms with Gasteiger partial charge in [-0.3, -0.25) is 18.7 Å². The van der Waals surface area contributed by atoms with Crippen molar-refractivity contribution in [1.29, 1.82) is 0 Å². The molecule has 0 aliphatic carbocycles. The minimum Gasteiger partial charge on any atom is -0.493 e. The Morgan fingerprint density at radius 3 is 2.26 bits per heavy atom. The Morgan fingerprint density at radius 2 is 1.63 bits per heavy atom. The van der Waals surface area contributed by atoms with Crippen molar-refractivity contribution in [3.8, 4) is 17.2 Å². The lowest BCUT2D eigenvalue weighted by atomic mass is 9.95. The fraction of sp³-hybridized carbons (Fsp3) is 0.346. The van der Waals surface area contributed by atoms with Crippen LogP contribution in [0.3, 0.4) is 0 Å². The van der Waals surface area contributed by atoms with Crippen LogP contribution in [0, 0.1) is 12.8 Å². The summed E-state index contributed by atoms with van der Waals surface area (Å²) in [5, 5.41) is 2.96. The first-order valence-corrected chi connectivity index (χ1v) is 11.5. The molecule has 184 valence electrons. The normalized spacial score (nSPS) is 14.0. The average molecular weight is 479 g/mol. The number of amides is 1. The van der Waals surface area contributed by atoms with Crippen LogP contribution in [0.15, 0.2) is 58.1 Å². The number of nitrogens with zero attached hydrogens (tertiary/aromatic N) is 3. The molecule has 1 fully saturated rings. The van der Waals surface area contributed by atoms with Gasteiger partial charge in [-0.05, 0) is 44.0 Å². The summed E-state index contributed by atoms with van der Waals surface area (Å²) in [5.74, 6) is 0.867. The molecule has 0 saturated carbocycles. The summed E-state index contributed by atoms with van der Waals surface area (Å²) in [6, 6.07) is 14.5. The second-order valence-electron chi connectivity index (χ2n) is 8.57. The summed E-state index contributed by atoms with van der Waals surface area (Å²) in [4.78, 5) is 40.9. The molecule has 9 heteroatoms. The van der Waals surface area contributed by atoms with Gasteiger partial charge in [0.2, 0.25) is 5.91 Å². The first-order chi connectivity index (χ1) is 16.8. The first-order valence-electron chi connectivity index (χ1n) is 11.5. The summed E-state index contributed by atoms with van der Waals surface area (Å²) in [5.41, 5.74) is 1.72. The second-order valence-corrected chi connectivity index (χ2v) is 8.57. The first kappa shape index (κ1) is 24.1. The summed E-state index contributed by atoms with van der Waals surface area (Å²) in [6.07, 6.45) is 1.18. The molecule has 2 aromatic carbocycles. The third-order valence-electron chi connectivity index (χ3n) is 6.51. The van der Waals surface area contributed by atoms with Gasteiger partial charge >= 0.3 is 5.69 Å². The van der Waals surface area contributed by atoms with E-state index in [9.17, 15) is 14.4 Å². The topological polar surface area (TPSA) is 94.8 Å². The zero-order valence-corrected chi connectivity index (χ0v) is 20.4. The van der Waals surface area contributed by atoms with Gasteiger partial charge in [0.1, 0.15) is 5.69 Å². The molecule has 9 nitrogen and oxygen atoms in total. The molecule has 1 saturated heterocycles. The SMILES string of the molecule is COc1ccc(NC(=O)C2CCN(c3c(C)n(-c4ccccc4)c(=O)n(C)c3=O)CC2)cc1OC. The summed E-state index contributed by atoms with van der Waals surface area (Å²) >= 11 is 0. The number of ether oxygens (including phenoxy) is 2. The predicted molar refractivity (Wildman–Crippen MR) is 135 cm³/mol. The van der Waals surface area contributed by atoms with E-state index in [-0.39, 0.29) is 23.1 Å². The number of hydrogen-bond acceptors (Lipinski definition) is 6. The lowest BCUT2D eigenvalue weighted by Crippen LogP contribution is -2.46. The molecule has 0 atom stereocenters. The zero-order valence-electron chi connectivity index (χ0n) is 20.4. The molecule has 1 aliphatic heterocycles. The van der Waals surface area contributed by atoms with Crippen LogP contribution < -0.4 is 30.9 Å². The van der Waals surface area contributed by atoms with Crippen LogP contribution in [-0.2, 0) is 11.8 Å². The number of piperidine rings is 1. The van der Waals surface area contributed by atoms with Gasteiger partial charge in [0, 0.05) is 37.8 Å². The lowest BCUT2D eigenvalue weighted by Gasteiger charge is -2.34. The Hall–Kier alpha value is -4.01. The number of benzene rings is 2. The highest BCUT2D eigenvalue weighted by atomic mass is 16.5. The Morgan fingerprint density at radius 1 is 0.971 bits per heavy atom. The Bertz CT molecular complexity index is 1340. The molecule has 35 heavy (non-hydrogen) atoms. The average Bonchev–Trinajstić information content (AvgIpc) is 2.88. The largest absolute Gasteiger partial charge is 0.493 e. The van der Waals surface area contributed by atoms with E-state index in [4.69, 9.17) is 9.47 Å². The maximum Gasteiger partial charge on any atom is 0.335 e. The number of rotatable bonds is 6. The smallest absolute Gasteiger partial charge is 0.335 e. The molecule has 3 aromatic rings. The van der Waals surface area contributed by atoms with Gasteiger partial charge in [0.05, 0.1) is 25.6 Å². The molecule has 0 radical (unpaired) electrons. The molecule has 0 bridgehead atoms. The maximum absolute atomic E-state index is 13.1. The highest BCUT2D eigenvalue weighted by molar-refractivity contribution is 5.93. The minimum absolute atomic E-state index is 0.0734. The Balaban J connectivity index is 1.52. The Labute approximate surface area is 203 Å². The van der Waals surface area contributed by atoms with Gasteiger partial charge in [-0.15, -0.1) is 0 Å². The van der Waals surface area contributed by atoms with Gasteiger partial charge in [-0.2, -0.15) is 0 Å². The highest BCUT2D eigenvalue weighted by Gasteiger charge is 2.29. The number of methoxy groups -OCH3 is 2. The fourth-order valence-corrected chi connectivity index (χ4v) is 4.57. The van der Waals surface area contributed by atoms with Crippen molar-refractivity contribution in [3.63, 3.8) is 0 Å². The fourth-order valence-electron chi connectivity index (χ4n) is 4.57. The van der Waals surface area contributed by atoms with Crippen molar-refractivity contribution >= 4 is 17.3 Å². The molecule has 0 unspecified atom stereocenters. The van der Waals surface area contributed by atoms with Gasteiger partial charge in [0.25, 0.3) is 5.56 Å².